The summed E-state index contributed by atoms with van der Waals surface area (Å²) in [7, 11) is 1.81. The minimum absolute atomic E-state index is 0.184. The second-order valence-corrected chi connectivity index (χ2v) is 7.54. The van der Waals surface area contributed by atoms with E-state index in [9.17, 15) is 9.59 Å². The third-order valence-corrected chi connectivity index (χ3v) is 5.80. The maximum Gasteiger partial charge on any atom is 0.414 e. The fourth-order valence-electron chi connectivity index (χ4n) is 4.34. The first-order valence-corrected chi connectivity index (χ1v) is 9.70. The van der Waals surface area contributed by atoms with Gasteiger partial charge in [0.15, 0.2) is 0 Å². The molecule has 1 aliphatic carbocycles. The Morgan fingerprint density at radius 1 is 1.30 bits per heavy atom. The first-order valence-electron chi connectivity index (χ1n) is 9.70. The highest BCUT2D eigenvalue weighted by molar-refractivity contribution is 5.98. The zero-order valence-electron chi connectivity index (χ0n) is 15.6. The average molecular weight is 373 g/mol. The number of urea groups is 1. The van der Waals surface area contributed by atoms with Gasteiger partial charge in [-0.3, -0.25) is 15.8 Å². The van der Waals surface area contributed by atoms with Crippen molar-refractivity contribution in [3.8, 4) is 0 Å². The largest absolute Gasteiger partial charge is 0.447 e. The molecule has 3 atom stereocenters. The summed E-state index contributed by atoms with van der Waals surface area (Å²) in [5.74, 6) is 0.570. The number of amides is 3. The van der Waals surface area contributed by atoms with Crippen molar-refractivity contribution >= 4 is 23.5 Å². The Labute approximate surface area is 159 Å². The number of benzene rings is 1. The van der Waals surface area contributed by atoms with Gasteiger partial charge in [0.1, 0.15) is 6.61 Å². The van der Waals surface area contributed by atoms with Crippen molar-refractivity contribution in [2.24, 2.45) is 5.92 Å². The Kier molecular flexibility index (Phi) is 5.18. The van der Waals surface area contributed by atoms with Gasteiger partial charge < -0.3 is 15.0 Å². The highest BCUT2D eigenvalue weighted by atomic mass is 16.6. The lowest BCUT2D eigenvalue weighted by atomic mass is 9.82. The molecule has 27 heavy (non-hydrogen) atoms. The normalized spacial score (nSPS) is 27.2. The average Bonchev–Trinajstić information content (AvgIpc) is 3.29. The lowest BCUT2D eigenvalue weighted by Gasteiger charge is -2.30. The number of hydrogen-bond donors (Lipinski definition) is 3. The number of carbonyl (C=O) groups is 2. The van der Waals surface area contributed by atoms with Crippen LogP contribution in [0.4, 0.5) is 21.0 Å². The Bertz CT molecular complexity index is 712. The molecule has 3 fully saturated rings. The molecule has 0 radical (unpaired) electrons. The van der Waals surface area contributed by atoms with Crippen LogP contribution in [0, 0.1) is 5.92 Å². The van der Waals surface area contributed by atoms with Crippen LogP contribution in [-0.4, -0.2) is 55.9 Å². The number of carbonyl (C=O) groups excluding carboxylic acids is 2. The number of cyclic esters (lactones) is 1. The van der Waals surface area contributed by atoms with Crippen molar-refractivity contribution in [3.05, 3.63) is 24.3 Å². The Morgan fingerprint density at radius 2 is 2.11 bits per heavy atom. The minimum Gasteiger partial charge on any atom is -0.447 e. The van der Waals surface area contributed by atoms with Crippen LogP contribution in [0.1, 0.15) is 25.7 Å². The molecule has 8 nitrogen and oxygen atoms in total. The van der Waals surface area contributed by atoms with Gasteiger partial charge in [-0.15, -0.1) is 0 Å². The molecule has 3 amide bonds. The molecule has 3 N–H and O–H groups in total. The van der Waals surface area contributed by atoms with E-state index in [0.717, 1.165) is 0 Å². The fourth-order valence-corrected chi connectivity index (χ4v) is 4.34. The fraction of sp³-hybridized carbons (Fsp3) is 0.579. The summed E-state index contributed by atoms with van der Waals surface area (Å²) in [4.78, 5) is 27.9. The highest BCUT2D eigenvalue weighted by Gasteiger charge is 2.38. The molecule has 2 aliphatic heterocycles. The van der Waals surface area contributed by atoms with Gasteiger partial charge in [0.25, 0.3) is 0 Å². The van der Waals surface area contributed by atoms with E-state index in [-0.39, 0.29) is 18.2 Å². The summed E-state index contributed by atoms with van der Waals surface area (Å²) < 4.78 is 5.01. The summed E-state index contributed by atoms with van der Waals surface area (Å²) in [6.45, 7) is 1.49. The third kappa shape index (κ3) is 3.72. The van der Waals surface area contributed by atoms with Crippen molar-refractivity contribution in [3.63, 3.8) is 0 Å². The molecule has 1 aromatic carbocycles. The second kappa shape index (κ2) is 7.74. The monoisotopic (exact) mass is 373 g/mol. The lowest BCUT2D eigenvalue weighted by Crippen LogP contribution is -2.44. The van der Waals surface area contributed by atoms with E-state index in [1.165, 1.54) is 25.7 Å². The Hall–Kier alpha value is -2.32. The van der Waals surface area contributed by atoms with E-state index in [1.807, 2.05) is 18.2 Å². The lowest BCUT2D eigenvalue weighted by molar-refractivity contribution is 0.181. The molecule has 1 saturated carbocycles. The van der Waals surface area contributed by atoms with Gasteiger partial charge in [0.2, 0.25) is 0 Å². The molecule has 0 aromatic heterocycles. The predicted octanol–water partition coefficient (Wildman–Crippen LogP) is 2.14. The summed E-state index contributed by atoms with van der Waals surface area (Å²) in [6, 6.07) is 7.90. The number of nitrogens with zero attached hydrogens (tertiary/aromatic N) is 2. The number of anilines is 2. The number of para-hydroxylation sites is 2. The van der Waals surface area contributed by atoms with Crippen LogP contribution in [0.5, 0.6) is 0 Å². The quantitative estimate of drug-likeness (QED) is 0.753. The van der Waals surface area contributed by atoms with Gasteiger partial charge in [-0.2, -0.15) is 0 Å². The Balaban J connectivity index is 1.40. The SMILES string of the molecule is CN(CC1NNC2CCCCC21)C(=O)Nc1ccccc1N1CCOC1=O. The summed E-state index contributed by atoms with van der Waals surface area (Å²) in [6.07, 6.45) is 4.55. The van der Waals surface area contributed by atoms with E-state index in [4.69, 9.17) is 4.74 Å². The van der Waals surface area contributed by atoms with Gasteiger partial charge >= 0.3 is 12.1 Å². The molecule has 3 unspecified atom stereocenters. The van der Waals surface area contributed by atoms with Crippen LogP contribution in [-0.2, 0) is 4.74 Å². The maximum atomic E-state index is 12.7. The molecule has 0 spiro atoms. The van der Waals surface area contributed by atoms with E-state index in [0.29, 0.717) is 43.0 Å². The molecule has 2 heterocycles. The van der Waals surface area contributed by atoms with Crippen LogP contribution >= 0.6 is 0 Å². The second-order valence-electron chi connectivity index (χ2n) is 7.54. The minimum atomic E-state index is -0.380. The van der Waals surface area contributed by atoms with Crippen molar-refractivity contribution in [2.45, 2.75) is 37.8 Å². The molecular weight excluding hydrogens is 346 g/mol. The number of fused-ring (bicyclic) bond motifs is 1. The molecule has 0 bridgehead atoms. The van der Waals surface area contributed by atoms with E-state index in [1.54, 1.807) is 22.9 Å². The highest BCUT2D eigenvalue weighted by Crippen LogP contribution is 2.31. The number of ether oxygens (including phenoxy) is 1. The zero-order chi connectivity index (χ0) is 18.8. The topological polar surface area (TPSA) is 85.9 Å². The molecule has 146 valence electrons. The first kappa shape index (κ1) is 18.1. The maximum absolute atomic E-state index is 12.7. The van der Waals surface area contributed by atoms with E-state index < -0.39 is 0 Å². The molecule has 2 saturated heterocycles. The summed E-state index contributed by atoms with van der Waals surface area (Å²) in [5.41, 5.74) is 8.03. The number of likely N-dealkylation sites (N-methyl/N-ethyl adjacent to an activating group) is 1. The van der Waals surface area contributed by atoms with Crippen molar-refractivity contribution in [2.75, 3.05) is 37.0 Å². The molecule has 8 heteroatoms. The molecule has 4 rings (SSSR count). The van der Waals surface area contributed by atoms with E-state index in [2.05, 4.69) is 16.2 Å². The van der Waals surface area contributed by atoms with Gasteiger partial charge in [-0.05, 0) is 30.9 Å². The molecule has 3 aliphatic rings. The van der Waals surface area contributed by atoms with Crippen molar-refractivity contribution in [1.29, 1.82) is 0 Å². The summed E-state index contributed by atoms with van der Waals surface area (Å²) >= 11 is 0. The zero-order valence-corrected chi connectivity index (χ0v) is 15.6. The van der Waals surface area contributed by atoms with Crippen LogP contribution in [0.2, 0.25) is 0 Å². The smallest absolute Gasteiger partial charge is 0.414 e. The third-order valence-electron chi connectivity index (χ3n) is 5.80. The summed E-state index contributed by atoms with van der Waals surface area (Å²) in [5, 5.41) is 2.94. The van der Waals surface area contributed by atoms with Crippen LogP contribution in [0.15, 0.2) is 24.3 Å². The van der Waals surface area contributed by atoms with Crippen LogP contribution in [0.3, 0.4) is 0 Å². The predicted molar refractivity (Wildman–Crippen MR) is 103 cm³/mol. The first-order chi connectivity index (χ1) is 13.1. The van der Waals surface area contributed by atoms with Gasteiger partial charge in [0.05, 0.1) is 17.9 Å². The van der Waals surface area contributed by atoms with Gasteiger partial charge in [-0.1, -0.05) is 25.0 Å². The van der Waals surface area contributed by atoms with Crippen LogP contribution in [0.25, 0.3) is 0 Å². The van der Waals surface area contributed by atoms with Crippen molar-refractivity contribution < 1.29 is 14.3 Å². The van der Waals surface area contributed by atoms with Crippen LogP contribution < -0.4 is 21.1 Å². The number of hydrogen-bond acceptors (Lipinski definition) is 5. The van der Waals surface area contributed by atoms with E-state index >= 15 is 0 Å². The Morgan fingerprint density at radius 3 is 2.93 bits per heavy atom. The number of nitrogens with one attached hydrogen (secondary N) is 3. The molecular formula is C19H27N5O3. The standard InChI is InChI=1S/C19H27N5O3/c1-23(12-16-13-6-2-3-7-14(13)21-22-16)18(25)20-15-8-4-5-9-17(15)24-10-11-27-19(24)26/h4-5,8-9,13-14,16,21-22H,2-3,6-7,10-12H2,1H3,(H,20,25). The van der Waals surface area contributed by atoms with Gasteiger partial charge in [-0.25, -0.2) is 9.59 Å². The number of hydrazine groups is 1. The number of rotatable bonds is 4. The van der Waals surface area contributed by atoms with Crippen molar-refractivity contribution in [1.82, 2.24) is 15.8 Å². The molecule has 1 aromatic rings. The van der Waals surface area contributed by atoms with Gasteiger partial charge in [0, 0.05) is 25.7 Å².